The van der Waals surface area contributed by atoms with E-state index in [4.69, 9.17) is 9.47 Å². The normalized spacial score (nSPS) is 12.9. The molecule has 1 aliphatic rings. The second-order valence-corrected chi connectivity index (χ2v) is 4.84. The lowest BCUT2D eigenvalue weighted by Gasteiger charge is -2.07. The lowest BCUT2D eigenvalue weighted by molar-refractivity contribution is 0.151. The molecule has 110 valence electrons. The van der Waals surface area contributed by atoms with Gasteiger partial charge in [-0.3, -0.25) is 0 Å². The number of fused-ring (bicyclic) bond motifs is 1. The monoisotopic (exact) mass is 291 g/mol. The van der Waals surface area contributed by atoms with Crippen LogP contribution >= 0.6 is 0 Å². The van der Waals surface area contributed by atoms with Gasteiger partial charge >= 0.3 is 0 Å². The highest BCUT2D eigenvalue weighted by molar-refractivity contribution is 5.44. The van der Waals surface area contributed by atoms with Crippen molar-refractivity contribution in [2.75, 3.05) is 6.79 Å². The maximum Gasteiger partial charge on any atom is 0.263 e. The summed E-state index contributed by atoms with van der Waals surface area (Å²) >= 11 is 0. The number of benzene rings is 2. The molecule has 0 amide bonds. The fourth-order valence-corrected chi connectivity index (χ4v) is 2.24. The third-order valence-corrected chi connectivity index (χ3v) is 3.30. The van der Waals surface area contributed by atoms with Crippen LogP contribution in [0, 0.1) is 0 Å². The van der Waals surface area contributed by atoms with E-state index in [1.165, 1.54) is 12.1 Å². The summed E-state index contributed by atoms with van der Waals surface area (Å²) in [5.41, 5.74) is 1.95. The summed E-state index contributed by atoms with van der Waals surface area (Å²) in [7, 11) is 0. The average molecular weight is 291 g/mol. The summed E-state index contributed by atoms with van der Waals surface area (Å²) in [6, 6.07) is 12.2. The van der Waals surface area contributed by atoms with Crippen molar-refractivity contribution < 1.29 is 18.3 Å². The Balaban J connectivity index is 1.57. The van der Waals surface area contributed by atoms with Gasteiger partial charge in [-0.1, -0.05) is 24.3 Å². The maximum atomic E-state index is 12.6. The molecule has 0 radical (unpaired) electrons. The number of hydrogen-bond donors (Lipinski definition) is 1. The van der Waals surface area contributed by atoms with Crippen LogP contribution < -0.4 is 14.8 Å². The summed E-state index contributed by atoms with van der Waals surface area (Å²) in [5.74, 6) is 1.50. The van der Waals surface area contributed by atoms with E-state index < -0.39 is 6.43 Å². The van der Waals surface area contributed by atoms with E-state index in [9.17, 15) is 8.78 Å². The number of alkyl halides is 2. The minimum Gasteiger partial charge on any atom is -0.454 e. The molecule has 0 saturated heterocycles. The second kappa shape index (κ2) is 6.10. The summed E-state index contributed by atoms with van der Waals surface area (Å²) in [5, 5.41) is 3.23. The molecule has 0 bridgehead atoms. The van der Waals surface area contributed by atoms with Crippen LogP contribution in [0.5, 0.6) is 11.5 Å². The number of rotatable bonds is 5. The Hall–Kier alpha value is -2.14. The quantitative estimate of drug-likeness (QED) is 0.912. The van der Waals surface area contributed by atoms with Gasteiger partial charge in [0.15, 0.2) is 11.5 Å². The highest BCUT2D eigenvalue weighted by atomic mass is 19.3. The van der Waals surface area contributed by atoms with Crippen molar-refractivity contribution in [3.05, 3.63) is 59.2 Å². The van der Waals surface area contributed by atoms with Crippen molar-refractivity contribution in [1.82, 2.24) is 5.32 Å². The topological polar surface area (TPSA) is 30.5 Å². The molecule has 1 N–H and O–H groups in total. The van der Waals surface area contributed by atoms with E-state index in [1.54, 1.807) is 6.07 Å². The van der Waals surface area contributed by atoms with E-state index in [0.717, 1.165) is 22.6 Å². The van der Waals surface area contributed by atoms with Crippen molar-refractivity contribution in [3.63, 3.8) is 0 Å². The smallest absolute Gasteiger partial charge is 0.263 e. The SMILES string of the molecule is FC(F)c1cccc(CNCc2ccc3c(c2)OCO3)c1. The fourth-order valence-electron chi connectivity index (χ4n) is 2.24. The predicted octanol–water partition coefficient (Wildman–Crippen LogP) is 3.64. The zero-order valence-corrected chi connectivity index (χ0v) is 11.3. The van der Waals surface area contributed by atoms with Gasteiger partial charge in [-0.05, 0) is 29.3 Å². The Morgan fingerprint density at radius 1 is 0.952 bits per heavy atom. The minimum absolute atomic E-state index is 0.0531. The Kier molecular flexibility index (Phi) is 4.01. The standard InChI is InChI=1S/C16H15F2NO2/c17-16(18)13-3-1-2-11(6-13)8-19-9-12-4-5-14-15(7-12)21-10-20-14/h1-7,16,19H,8-10H2. The largest absolute Gasteiger partial charge is 0.454 e. The molecule has 0 atom stereocenters. The van der Waals surface area contributed by atoms with E-state index in [1.807, 2.05) is 24.3 Å². The van der Waals surface area contributed by atoms with E-state index in [0.29, 0.717) is 13.1 Å². The number of nitrogens with one attached hydrogen (secondary N) is 1. The zero-order valence-electron chi connectivity index (χ0n) is 11.3. The Labute approximate surface area is 121 Å². The summed E-state index contributed by atoms with van der Waals surface area (Å²) < 4.78 is 35.8. The average Bonchev–Trinajstić information content (AvgIpc) is 2.95. The van der Waals surface area contributed by atoms with Gasteiger partial charge in [0.25, 0.3) is 6.43 Å². The maximum absolute atomic E-state index is 12.6. The van der Waals surface area contributed by atoms with E-state index >= 15 is 0 Å². The number of ether oxygens (including phenoxy) is 2. The van der Waals surface area contributed by atoms with Crippen LogP contribution in [0.25, 0.3) is 0 Å². The van der Waals surface area contributed by atoms with Gasteiger partial charge in [-0.2, -0.15) is 0 Å². The highest BCUT2D eigenvalue weighted by Gasteiger charge is 2.13. The van der Waals surface area contributed by atoms with E-state index in [2.05, 4.69) is 5.32 Å². The van der Waals surface area contributed by atoms with Crippen LogP contribution in [0.2, 0.25) is 0 Å². The molecule has 5 heteroatoms. The molecule has 3 rings (SSSR count). The molecule has 0 aliphatic carbocycles. The summed E-state index contributed by atoms with van der Waals surface area (Å²) in [4.78, 5) is 0. The van der Waals surface area contributed by atoms with Crippen LogP contribution in [-0.2, 0) is 13.1 Å². The molecule has 2 aromatic rings. The Bertz CT molecular complexity index is 631. The molecule has 0 saturated carbocycles. The van der Waals surface area contributed by atoms with Crippen molar-refractivity contribution >= 4 is 0 Å². The van der Waals surface area contributed by atoms with Gasteiger partial charge in [0.2, 0.25) is 6.79 Å². The predicted molar refractivity (Wildman–Crippen MR) is 74.5 cm³/mol. The molecule has 0 unspecified atom stereocenters. The molecular weight excluding hydrogens is 276 g/mol. The van der Waals surface area contributed by atoms with Crippen LogP contribution in [0.3, 0.4) is 0 Å². The fraction of sp³-hybridized carbons (Fsp3) is 0.250. The lowest BCUT2D eigenvalue weighted by atomic mass is 10.1. The molecule has 21 heavy (non-hydrogen) atoms. The van der Waals surface area contributed by atoms with Crippen molar-refractivity contribution in [2.24, 2.45) is 0 Å². The number of hydrogen-bond acceptors (Lipinski definition) is 3. The van der Waals surface area contributed by atoms with Crippen LogP contribution in [0.15, 0.2) is 42.5 Å². The zero-order chi connectivity index (χ0) is 14.7. The molecular formula is C16H15F2NO2. The van der Waals surface area contributed by atoms with Gasteiger partial charge in [0, 0.05) is 18.7 Å². The molecule has 1 aliphatic heterocycles. The minimum atomic E-state index is -2.43. The van der Waals surface area contributed by atoms with Crippen LogP contribution in [0.1, 0.15) is 23.1 Å². The van der Waals surface area contributed by atoms with Gasteiger partial charge in [0.05, 0.1) is 0 Å². The first-order valence-electron chi connectivity index (χ1n) is 6.68. The van der Waals surface area contributed by atoms with Crippen molar-refractivity contribution in [1.29, 1.82) is 0 Å². The van der Waals surface area contributed by atoms with Crippen molar-refractivity contribution in [3.8, 4) is 11.5 Å². The molecule has 0 aromatic heterocycles. The summed E-state index contributed by atoms with van der Waals surface area (Å²) in [6.45, 7) is 1.43. The molecule has 0 spiro atoms. The molecule has 3 nitrogen and oxygen atoms in total. The molecule has 2 aromatic carbocycles. The molecule has 0 fully saturated rings. The number of halogens is 2. The third-order valence-electron chi connectivity index (χ3n) is 3.30. The van der Waals surface area contributed by atoms with Crippen LogP contribution in [0.4, 0.5) is 8.78 Å². The summed E-state index contributed by atoms with van der Waals surface area (Å²) in [6.07, 6.45) is -2.43. The second-order valence-electron chi connectivity index (χ2n) is 4.84. The Morgan fingerprint density at radius 2 is 1.71 bits per heavy atom. The van der Waals surface area contributed by atoms with Crippen molar-refractivity contribution in [2.45, 2.75) is 19.5 Å². The van der Waals surface area contributed by atoms with Crippen LogP contribution in [-0.4, -0.2) is 6.79 Å². The van der Waals surface area contributed by atoms with Gasteiger partial charge in [-0.15, -0.1) is 0 Å². The first-order chi connectivity index (χ1) is 10.2. The first kappa shape index (κ1) is 13.8. The lowest BCUT2D eigenvalue weighted by Crippen LogP contribution is -2.12. The third kappa shape index (κ3) is 3.31. The first-order valence-corrected chi connectivity index (χ1v) is 6.68. The highest BCUT2D eigenvalue weighted by Crippen LogP contribution is 2.32. The van der Waals surface area contributed by atoms with Gasteiger partial charge in [0.1, 0.15) is 0 Å². The Morgan fingerprint density at radius 3 is 2.52 bits per heavy atom. The van der Waals surface area contributed by atoms with Gasteiger partial charge in [-0.25, -0.2) is 8.78 Å². The van der Waals surface area contributed by atoms with E-state index in [-0.39, 0.29) is 12.4 Å². The molecule has 1 heterocycles. The van der Waals surface area contributed by atoms with Gasteiger partial charge < -0.3 is 14.8 Å².